The van der Waals surface area contributed by atoms with Crippen molar-refractivity contribution in [3.05, 3.63) is 60.3 Å². The summed E-state index contributed by atoms with van der Waals surface area (Å²) in [6.45, 7) is 2.02. The Morgan fingerprint density at radius 2 is 1.75 bits per heavy atom. The van der Waals surface area contributed by atoms with Gasteiger partial charge in [-0.15, -0.1) is 5.11 Å². The highest BCUT2D eigenvalue weighted by molar-refractivity contribution is 5.24. The Morgan fingerprint density at radius 1 is 1.00 bits per heavy atom. The largest absolute Gasteiger partial charge is 0.236 e. The first kappa shape index (κ1) is 10.5. The van der Waals surface area contributed by atoms with Crippen molar-refractivity contribution in [1.29, 1.82) is 0 Å². The maximum atomic E-state index is 4.23. The van der Waals surface area contributed by atoms with E-state index in [1.54, 1.807) is 6.20 Å². The molecule has 3 nitrogen and oxygen atoms in total. The zero-order valence-corrected chi connectivity index (χ0v) is 9.12. The normalized spacial score (nSPS) is 12.8. The summed E-state index contributed by atoms with van der Waals surface area (Å²) >= 11 is 0. The molecule has 0 saturated heterocycles. The van der Waals surface area contributed by atoms with Crippen molar-refractivity contribution in [2.24, 2.45) is 10.2 Å². The zero-order valence-electron chi connectivity index (χ0n) is 9.12. The highest BCUT2D eigenvalue weighted by atomic mass is 15.2. The molecule has 0 N–H and O–H groups in total. The fraction of sp³-hybridized carbons (Fsp3) is 0.154. The van der Waals surface area contributed by atoms with Gasteiger partial charge in [-0.2, -0.15) is 5.11 Å². The lowest BCUT2D eigenvalue weighted by Gasteiger charge is -2.03. The van der Waals surface area contributed by atoms with Gasteiger partial charge in [-0.25, -0.2) is 4.98 Å². The van der Waals surface area contributed by atoms with Crippen molar-refractivity contribution in [2.45, 2.75) is 13.0 Å². The summed E-state index contributed by atoms with van der Waals surface area (Å²) in [6, 6.07) is 15.7. The summed E-state index contributed by atoms with van der Waals surface area (Å²) in [5.41, 5.74) is 1.15. The van der Waals surface area contributed by atoms with E-state index in [2.05, 4.69) is 15.2 Å². The lowest BCUT2D eigenvalue weighted by molar-refractivity contribution is 0.760. The van der Waals surface area contributed by atoms with Crippen molar-refractivity contribution in [3.8, 4) is 0 Å². The van der Waals surface area contributed by atoms with Crippen LogP contribution in [0.25, 0.3) is 0 Å². The molecule has 80 valence electrons. The number of rotatable bonds is 3. The Balaban J connectivity index is 2.08. The van der Waals surface area contributed by atoms with Gasteiger partial charge in [0.25, 0.3) is 0 Å². The number of benzene rings is 1. The molecule has 0 aliphatic rings. The standard InChI is InChI=1S/C13H13N3/c1-11(12-7-3-2-4-8-12)15-16-13-9-5-6-10-14-13/h2-11H,1H3. The van der Waals surface area contributed by atoms with Gasteiger partial charge in [0.05, 0.1) is 6.04 Å². The van der Waals surface area contributed by atoms with Crippen molar-refractivity contribution in [2.75, 3.05) is 0 Å². The molecular weight excluding hydrogens is 198 g/mol. The minimum absolute atomic E-state index is 0.0585. The Hall–Kier alpha value is -2.03. The van der Waals surface area contributed by atoms with E-state index in [0.717, 1.165) is 5.56 Å². The van der Waals surface area contributed by atoms with Crippen LogP contribution >= 0.6 is 0 Å². The van der Waals surface area contributed by atoms with Crippen LogP contribution in [0.3, 0.4) is 0 Å². The molecule has 1 unspecified atom stereocenters. The third-order valence-electron chi connectivity index (χ3n) is 2.26. The summed E-state index contributed by atoms with van der Waals surface area (Å²) in [5, 5.41) is 8.32. The Morgan fingerprint density at radius 3 is 2.44 bits per heavy atom. The first-order valence-corrected chi connectivity index (χ1v) is 5.23. The van der Waals surface area contributed by atoms with Crippen LogP contribution in [0.1, 0.15) is 18.5 Å². The molecule has 0 bridgehead atoms. The molecule has 1 aromatic carbocycles. The number of hydrogen-bond acceptors (Lipinski definition) is 3. The van der Waals surface area contributed by atoms with E-state index >= 15 is 0 Å². The van der Waals surface area contributed by atoms with Gasteiger partial charge in [0.2, 0.25) is 0 Å². The Labute approximate surface area is 94.9 Å². The summed E-state index contributed by atoms with van der Waals surface area (Å²) in [7, 11) is 0. The van der Waals surface area contributed by atoms with Crippen molar-refractivity contribution in [1.82, 2.24) is 4.98 Å². The third kappa shape index (κ3) is 2.73. The maximum absolute atomic E-state index is 4.23. The minimum atomic E-state index is 0.0585. The van der Waals surface area contributed by atoms with Gasteiger partial charge in [-0.3, -0.25) is 0 Å². The number of hydrogen-bond donors (Lipinski definition) is 0. The molecule has 0 fully saturated rings. The fourth-order valence-corrected chi connectivity index (χ4v) is 1.36. The van der Waals surface area contributed by atoms with Crippen LogP contribution in [0.4, 0.5) is 5.82 Å². The smallest absolute Gasteiger partial charge is 0.173 e. The molecule has 0 amide bonds. The molecule has 1 atom stereocenters. The molecule has 0 radical (unpaired) electrons. The van der Waals surface area contributed by atoms with Gasteiger partial charge in [0.1, 0.15) is 0 Å². The molecule has 0 aliphatic carbocycles. The first-order chi connectivity index (χ1) is 7.86. The third-order valence-corrected chi connectivity index (χ3v) is 2.26. The molecular formula is C13H13N3. The summed E-state index contributed by atoms with van der Waals surface area (Å²) in [5.74, 6) is 0.644. The monoisotopic (exact) mass is 211 g/mol. The van der Waals surface area contributed by atoms with Gasteiger partial charge < -0.3 is 0 Å². The second kappa shape index (κ2) is 5.16. The van der Waals surface area contributed by atoms with Crippen LogP contribution in [0.15, 0.2) is 65.0 Å². The second-order valence-corrected chi connectivity index (χ2v) is 3.49. The molecule has 2 rings (SSSR count). The quantitative estimate of drug-likeness (QED) is 0.709. The van der Waals surface area contributed by atoms with Crippen LogP contribution in [0, 0.1) is 0 Å². The highest BCUT2D eigenvalue weighted by Gasteiger charge is 2.01. The van der Waals surface area contributed by atoms with Crippen molar-refractivity contribution in [3.63, 3.8) is 0 Å². The van der Waals surface area contributed by atoms with Gasteiger partial charge in [0.15, 0.2) is 5.82 Å². The van der Waals surface area contributed by atoms with E-state index < -0.39 is 0 Å². The number of azo groups is 1. The Bertz CT molecular complexity index is 451. The molecule has 1 heterocycles. The first-order valence-electron chi connectivity index (χ1n) is 5.23. The summed E-state index contributed by atoms with van der Waals surface area (Å²) in [4.78, 5) is 4.08. The van der Waals surface area contributed by atoms with Gasteiger partial charge in [0, 0.05) is 6.20 Å². The SMILES string of the molecule is CC(N=Nc1ccccn1)c1ccccc1. The van der Waals surface area contributed by atoms with Gasteiger partial charge in [-0.1, -0.05) is 36.4 Å². The molecule has 0 aliphatic heterocycles. The predicted octanol–water partition coefficient (Wildman–Crippen LogP) is 3.93. The van der Waals surface area contributed by atoms with Crippen LogP contribution in [0.5, 0.6) is 0 Å². The van der Waals surface area contributed by atoms with E-state index in [1.807, 2.05) is 55.5 Å². The van der Waals surface area contributed by atoms with Gasteiger partial charge >= 0.3 is 0 Å². The summed E-state index contributed by atoms with van der Waals surface area (Å²) < 4.78 is 0. The zero-order chi connectivity index (χ0) is 11.2. The predicted molar refractivity (Wildman–Crippen MR) is 63.6 cm³/mol. The highest BCUT2D eigenvalue weighted by Crippen LogP contribution is 2.18. The lowest BCUT2D eigenvalue weighted by atomic mass is 10.1. The van der Waals surface area contributed by atoms with Crippen LogP contribution in [0.2, 0.25) is 0 Å². The van der Waals surface area contributed by atoms with E-state index in [1.165, 1.54) is 0 Å². The second-order valence-electron chi connectivity index (χ2n) is 3.49. The van der Waals surface area contributed by atoms with E-state index in [0.29, 0.717) is 5.82 Å². The minimum Gasteiger partial charge on any atom is -0.236 e. The number of aromatic nitrogens is 1. The molecule has 1 aromatic heterocycles. The van der Waals surface area contributed by atoms with Crippen LogP contribution < -0.4 is 0 Å². The van der Waals surface area contributed by atoms with Crippen molar-refractivity contribution >= 4 is 5.82 Å². The molecule has 3 heteroatoms. The summed E-state index contributed by atoms with van der Waals surface area (Å²) in [6.07, 6.45) is 1.71. The lowest BCUT2D eigenvalue weighted by Crippen LogP contribution is -1.86. The molecule has 16 heavy (non-hydrogen) atoms. The molecule has 0 saturated carbocycles. The van der Waals surface area contributed by atoms with Crippen LogP contribution in [-0.4, -0.2) is 4.98 Å². The number of pyridine rings is 1. The fourth-order valence-electron chi connectivity index (χ4n) is 1.36. The van der Waals surface area contributed by atoms with E-state index in [9.17, 15) is 0 Å². The average Bonchev–Trinajstić information content (AvgIpc) is 2.38. The number of nitrogens with zero attached hydrogens (tertiary/aromatic N) is 3. The molecule has 0 spiro atoms. The average molecular weight is 211 g/mol. The van der Waals surface area contributed by atoms with Gasteiger partial charge in [-0.05, 0) is 24.6 Å². The maximum Gasteiger partial charge on any atom is 0.173 e. The Kier molecular flexibility index (Phi) is 3.38. The molecule has 2 aromatic rings. The van der Waals surface area contributed by atoms with E-state index in [-0.39, 0.29) is 6.04 Å². The van der Waals surface area contributed by atoms with Crippen LogP contribution in [-0.2, 0) is 0 Å². The topological polar surface area (TPSA) is 37.6 Å². The van der Waals surface area contributed by atoms with E-state index in [4.69, 9.17) is 0 Å². The van der Waals surface area contributed by atoms with Crippen molar-refractivity contribution < 1.29 is 0 Å².